The van der Waals surface area contributed by atoms with Crippen molar-refractivity contribution in [3.05, 3.63) is 83.2 Å². The highest BCUT2D eigenvalue weighted by atomic mass is 32.2. The van der Waals surface area contributed by atoms with Crippen molar-refractivity contribution in [1.29, 1.82) is 0 Å². The van der Waals surface area contributed by atoms with Gasteiger partial charge in [0.05, 0.1) is 29.5 Å². The van der Waals surface area contributed by atoms with Crippen molar-refractivity contribution >= 4 is 15.6 Å². The lowest BCUT2D eigenvalue weighted by atomic mass is 10.1. The minimum atomic E-state index is -2.92. The van der Waals surface area contributed by atoms with Gasteiger partial charge >= 0.3 is 0 Å². The van der Waals surface area contributed by atoms with E-state index in [4.69, 9.17) is 9.47 Å². The summed E-state index contributed by atoms with van der Waals surface area (Å²) < 4.78 is 27.2. The van der Waals surface area contributed by atoms with Crippen LogP contribution in [0.5, 0.6) is 11.5 Å². The first-order valence-corrected chi connectivity index (χ1v) is 11.3. The number of ether oxygens (including phenoxy) is 2. The summed E-state index contributed by atoms with van der Waals surface area (Å²) in [7, 11) is 0.242. The first-order valence-electron chi connectivity index (χ1n) is 9.34. The number of aryl methyl sites for hydroxylation is 1. The van der Waals surface area contributed by atoms with Gasteiger partial charge in [-0.05, 0) is 61.0 Å². The summed E-state index contributed by atoms with van der Waals surface area (Å²) in [6.07, 6.45) is 4.38. The van der Waals surface area contributed by atoms with Gasteiger partial charge in [0.2, 0.25) is 0 Å². The maximum absolute atomic E-state index is 13.0. The Morgan fingerprint density at radius 1 is 0.968 bits per heavy atom. The van der Waals surface area contributed by atoms with Crippen LogP contribution in [0.25, 0.3) is 0 Å². The topological polar surface area (TPSA) is 77.9 Å². The van der Waals surface area contributed by atoms with Gasteiger partial charge in [-0.1, -0.05) is 11.8 Å². The van der Waals surface area contributed by atoms with Crippen LogP contribution in [0.4, 0.5) is 0 Å². The van der Waals surface area contributed by atoms with Gasteiger partial charge in [-0.15, -0.1) is 0 Å². The molecule has 7 heteroatoms. The molecule has 0 aliphatic rings. The first kappa shape index (κ1) is 22.1. The number of carbonyl (C=O) groups is 1. The molecular formula is C24H22N2O4S. The monoisotopic (exact) mass is 434 g/mol. The zero-order chi connectivity index (χ0) is 22.4. The third-order valence-electron chi connectivity index (χ3n) is 4.51. The fraction of sp³-hybridized carbons (Fsp3) is 0.167. The van der Waals surface area contributed by atoms with E-state index in [1.54, 1.807) is 50.7 Å². The van der Waals surface area contributed by atoms with Gasteiger partial charge in [-0.3, -0.25) is 9.78 Å². The molecule has 3 aromatic rings. The Hall–Kier alpha value is -3.63. The van der Waals surface area contributed by atoms with Crippen molar-refractivity contribution in [2.24, 2.45) is 4.36 Å². The van der Waals surface area contributed by atoms with E-state index in [9.17, 15) is 9.00 Å². The van der Waals surface area contributed by atoms with E-state index in [1.165, 1.54) is 12.5 Å². The summed E-state index contributed by atoms with van der Waals surface area (Å²) in [6.45, 7) is 1.95. The van der Waals surface area contributed by atoms with Crippen molar-refractivity contribution in [2.45, 2.75) is 11.8 Å². The Balaban J connectivity index is 1.86. The van der Waals surface area contributed by atoms with Crippen LogP contribution in [-0.4, -0.2) is 35.6 Å². The maximum atomic E-state index is 13.0. The maximum Gasteiger partial charge on any atom is 0.286 e. The second kappa shape index (κ2) is 9.45. The first-order chi connectivity index (χ1) is 14.8. The number of hydrogen-bond acceptors (Lipinski definition) is 5. The Labute approximate surface area is 182 Å². The molecule has 1 atom stereocenters. The molecule has 1 amide bonds. The van der Waals surface area contributed by atoms with E-state index in [1.807, 2.05) is 25.1 Å². The highest BCUT2D eigenvalue weighted by Gasteiger charge is 2.12. The molecule has 1 heterocycles. The molecule has 2 aromatic carbocycles. The van der Waals surface area contributed by atoms with Gasteiger partial charge in [-0.2, -0.15) is 4.36 Å². The Morgan fingerprint density at radius 3 is 2.29 bits per heavy atom. The zero-order valence-electron chi connectivity index (χ0n) is 17.7. The molecule has 6 nitrogen and oxygen atoms in total. The Kier molecular flexibility index (Phi) is 6.73. The van der Waals surface area contributed by atoms with Crippen molar-refractivity contribution in [2.75, 3.05) is 20.5 Å². The molecule has 158 valence electrons. The minimum absolute atomic E-state index is 0.223. The normalized spacial score (nSPS) is 12.1. The Bertz CT molecular complexity index is 1300. The number of benzene rings is 2. The Morgan fingerprint density at radius 2 is 1.65 bits per heavy atom. The van der Waals surface area contributed by atoms with E-state index in [2.05, 4.69) is 21.2 Å². The van der Waals surface area contributed by atoms with Gasteiger partial charge in [0.25, 0.3) is 5.91 Å². The fourth-order valence-corrected chi connectivity index (χ4v) is 3.93. The molecule has 0 N–H and O–H groups in total. The molecule has 0 spiro atoms. The van der Waals surface area contributed by atoms with E-state index in [0.717, 1.165) is 16.9 Å². The van der Waals surface area contributed by atoms with Gasteiger partial charge in [0.15, 0.2) is 0 Å². The van der Waals surface area contributed by atoms with Gasteiger partial charge in [0, 0.05) is 34.7 Å². The lowest BCUT2D eigenvalue weighted by Gasteiger charge is -2.05. The number of aromatic nitrogens is 1. The number of nitrogens with zero attached hydrogens (tertiary/aromatic N) is 2. The number of amides is 1. The molecule has 0 aliphatic carbocycles. The predicted octanol–water partition coefficient (Wildman–Crippen LogP) is 4.10. The number of methoxy groups -OCH3 is 2. The summed E-state index contributed by atoms with van der Waals surface area (Å²) in [6, 6.07) is 13.8. The SMILES string of the molecule is COc1ccc(S(C)(=O)=NC(=O)c2cncc(C#Cc3ccc(OC)cc3C)c2)cc1. The standard InChI is InChI=1S/C24H22N2O4S/c1-17-13-22(30-3)8-7-19(17)6-5-18-14-20(16-25-15-18)24(27)26-31(4,28)23-11-9-21(29-2)10-12-23/h7-16H,1-4H3. The van der Waals surface area contributed by atoms with Crippen LogP contribution in [0, 0.1) is 18.8 Å². The zero-order valence-corrected chi connectivity index (χ0v) is 18.5. The lowest BCUT2D eigenvalue weighted by molar-refractivity contribution is 0.100. The van der Waals surface area contributed by atoms with Crippen LogP contribution >= 0.6 is 0 Å². The second-order valence-electron chi connectivity index (χ2n) is 6.77. The molecule has 0 radical (unpaired) electrons. The van der Waals surface area contributed by atoms with E-state index in [-0.39, 0.29) is 5.56 Å². The van der Waals surface area contributed by atoms with E-state index >= 15 is 0 Å². The summed E-state index contributed by atoms with van der Waals surface area (Å²) in [5, 5.41) is 0. The van der Waals surface area contributed by atoms with E-state index < -0.39 is 15.6 Å². The van der Waals surface area contributed by atoms with Gasteiger partial charge < -0.3 is 9.47 Å². The molecule has 1 aromatic heterocycles. The molecule has 0 fully saturated rings. The van der Waals surface area contributed by atoms with Gasteiger partial charge in [-0.25, -0.2) is 4.21 Å². The highest BCUT2D eigenvalue weighted by molar-refractivity contribution is 7.93. The third kappa shape index (κ3) is 5.50. The molecule has 0 bridgehead atoms. The summed E-state index contributed by atoms with van der Waals surface area (Å²) in [4.78, 5) is 17.2. The smallest absolute Gasteiger partial charge is 0.286 e. The van der Waals surface area contributed by atoms with Crippen LogP contribution in [0.3, 0.4) is 0 Å². The van der Waals surface area contributed by atoms with Crippen LogP contribution < -0.4 is 9.47 Å². The average Bonchev–Trinajstić information content (AvgIpc) is 2.78. The summed E-state index contributed by atoms with van der Waals surface area (Å²) in [5.74, 6) is 6.87. The quantitative estimate of drug-likeness (QED) is 0.578. The lowest BCUT2D eigenvalue weighted by Crippen LogP contribution is -2.04. The fourth-order valence-electron chi connectivity index (χ4n) is 2.76. The van der Waals surface area contributed by atoms with Crippen molar-refractivity contribution in [3.8, 4) is 23.3 Å². The van der Waals surface area contributed by atoms with Crippen LogP contribution in [-0.2, 0) is 9.73 Å². The summed E-state index contributed by atoms with van der Waals surface area (Å²) in [5.41, 5.74) is 2.61. The largest absolute Gasteiger partial charge is 0.497 e. The summed E-state index contributed by atoms with van der Waals surface area (Å²) >= 11 is 0. The molecule has 3 rings (SSSR count). The number of rotatable bonds is 4. The van der Waals surface area contributed by atoms with Crippen LogP contribution in [0.1, 0.15) is 27.0 Å². The number of hydrogen-bond donors (Lipinski definition) is 0. The molecule has 0 saturated carbocycles. The number of carbonyl (C=O) groups excluding carboxylic acids is 1. The molecule has 0 saturated heterocycles. The van der Waals surface area contributed by atoms with Crippen LogP contribution in [0.2, 0.25) is 0 Å². The van der Waals surface area contributed by atoms with Crippen molar-refractivity contribution in [3.63, 3.8) is 0 Å². The highest BCUT2D eigenvalue weighted by Crippen LogP contribution is 2.18. The molecular weight excluding hydrogens is 412 g/mol. The number of pyridine rings is 1. The molecule has 0 aliphatic heterocycles. The van der Waals surface area contributed by atoms with Crippen molar-refractivity contribution in [1.82, 2.24) is 4.98 Å². The molecule has 31 heavy (non-hydrogen) atoms. The van der Waals surface area contributed by atoms with Crippen molar-refractivity contribution < 1.29 is 18.5 Å². The predicted molar refractivity (Wildman–Crippen MR) is 120 cm³/mol. The third-order valence-corrected chi connectivity index (χ3v) is 6.18. The minimum Gasteiger partial charge on any atom is -0.497 e. The van der Waals surface area contributed by atoms with Gasteiger partial charge in [0.1, 0.15) is 11.5 Å². The molecule has 1 unspecified atom stereocenters. The average molecular weight is 435 g/mol. The van der Waals surface area contributed by atoms with Crippen LogP contribution in [0.15, 0.2) is 70.2 Å². The second-order valence-corrected chi connectivity index (χ2v) is 9.03. The van der Waals surface area contributed by atoms with E-state index in [0.29, 0.717) is 16.2 Å².